The Labute approximate surface area is 165 Å². The van der Waals surface area contributed by atoms with Gasteiger partial charge in [0, 0.05) is 0 Å². The van der Waals surface area contributed by atoms with Gasteiger partial charge in [-0.2, -0.15) is 0 Å². The van der Waals surface area contributed by atoms with Gasteiger partial charge in [-0.25, -0.2) is 0 Å². The molecule has 0 spiro atoms. The predicted molar refractivity (Wildman–Crippen MR) is 107 cm³/mol. The van der Waals surface area contributed by atoms with Gasteiger partial charge in [-0.05, 0) is 49.8 Å². The van der Waals surface area contributed by atoms with E-state index >= 15 is 0 Å². The molecular formula is C22H28N2O4. The van der Waals surface area contributed by atoms with Gasteiger partial charge in [0.25, 0.3) is 0 Å². The number of fused-ring (bicyclic) bond motifs is 1. The number of carbonyl (C=O) groups is 3. The summed E-state index contributed by atoms with van der Waals surface area (Å²) in [5, 5.41) is 2.88. The van der Waals surface area contributed by atoms with Crippen molar-refractivity contribution in [3.63, 3.8) is 0 Å². The summed E-state index contributed by atoms with van der Waals surface area (Å²) in [6.45, 7) is 5.88. The number of imide groups is 1. The van der Waals surface area contributed by atoms with Crippen LogP contribution < -0.4 is 10.1 Å². The summed E-state index contributed by atoms with van der Waals surface area (Å²) in [6, 6.07) is 4.68. The third-order valence-corrected chi connectivity index (χ3v) is 5.46. The number of nitrogens with zero attached hydrogens (tertiary/aromatic N) is 1. The topological polar surface area (TPSA) is 75.7 Å². The number of amides is 3. The number of nitrogens with one attached hydrogen (secondary N) is 1. The van der Waals surface area contributed by atoms with Gasteiger partial charge in [0.15, 0.2) is 0 Å². The number of benzene rings is 1. The van der Waals surface area contributed by atoms with Crippen LogP contribution in [0.4, 0.5) is 5.69 Å². The number of carbonyl (C=O) groups excluding carboxylic acids is 3. The molecule has 0 saturated carbocycles. The van der Waals surface area contributed by atoms with Crippen LogP contribution in [-0.2, 0) is 14.4 Å². The third-order valence-electron chi connectivity index (χ3n) is 5.46. The molecule has 0 radical (unpaired) electrons. The van der Waals surface area contributed by atoms with E-state index in [2.05, 4.69) is 5.32 Å². The minimum atomic E-state index is -0.823. The Morgan fingerprint density at radius 3 is 2.32 bits per heavy atom. The third kappa shape index (κ3) is 3.81. The number of ether oxygens (including phenoxy) is 1. The highest BCUT2D eigenvalue weighted by molar-refractivity contribution is 6.10. The smallest absolute Gasteiger partial charge is 0.247 e. The first-order valence-corrected chi connectivity index (χ1v) is 9.81. The molecule has 0 aromatic heterocycles. The minimum Gasteiger partial charge on any atom is -0.495 e. The first kappa shape index (κ1) is 20.1. The van der Waals surface area contributed by atoms with Crippen molar-refractivity contribution in [1.82, 2.24) is 4.90 Å². The fourth-order valence-electron chi connectivity index (χ4n) is 4.04. The lowest BCUT2D eigenvalue weighted by Crippen LogP contribution is -2.48. The van der Waals surface area contributed by atoms with Crippen LogP contribution in [0.25, 0.3) is 0 Å². The monoisotopic (exact) mass is 384 g/mol. The summed E-state index contributed by atoms with van der Waals surface area (Å²) in [5.74, 6) is -0.795. The van der Waals surface area contributed by atoms with Gasteiger partial charge < -0.3 is 10.1 Å². The molecule has 150 valence electrons. The highest BCUT2D eigenvalue weighted by Gasteiger charge is 2.51. The second kappa shape index (κ2) is 8.17. The van der Waals surface area contributed by atoms with Crippen LogP contribution in [0, 0.1) is 24.7 Å². The van der Waals surface area contributed by atoms with Gasteiger partial charge >= 0.3 is 0 Å². The Morgan fingerprint density at radius 2 is 1.79 bits per heavy atom. The van der Waals surface area contributed by atoms with E-state index < -0.39 is 6.04 Å². The summed E-state index contributed by atoms with van der Waals surface area (Å²) >= 11 is 0. The standard InChI is InChI=1S/C22H28N2O4/c1-13(2)11-18(20(25)23-17-12-14(3)9-10-19(17)28-4)24-21(26)15-7-5-6-8-16(15)22(24)27/h5-6,9-10,12-13,15-16,18H,7-8,11H2,1-4H3,(H,23,25). The van der Waals surface area contributed by atoms with Crippen LogP contribution in [0.5, 0.6) is 5.75 Å². The van der Waals surface area contributed by atoms with E-state index in [1.807, 2.05) is 45.1 Å². The molecule has 1 saturated heterocycles. The van der Waals surface area contributed by atoms with Crippen LogP contribution in [0.1, 0.15) is 38.7 Å². The number of anilines is 1. The Hall–Kier alpha value is -2.63. The number of allylic oxidation sites excluding steroid dienone is 2. The van der Waals surface area contributed by atoms with Crippen molar-refractivity contribution in [2.45, 2.75) is 46.1 Å². The van der Waals surface area contributed by atoms with Gasteiger partial charge in [0.2, 0.25) is 17.7 Å². The van der Waals surface area contributed by atoms with E-state index in [-0.39, 0.29) is 35.5 Å². The number of rotatable bonds is 6. The molecule has 1 fully saturated rings. The number of likely N-dealkylation sites (tertiary alicyclic amines) is 1. The molecule has 0 bridgehead atoms. The Kier molecular flexibility index (Phi) is 5.87. The first-order valence-electron chi connectivity index (χ1n) is 9.81. The fraction of sp³-hybridized carbons (Fsp3) is 0.500. The summed E-state index contributed by atoms with van der Waals surface area (Å²) in [5.41, 5.74) is 1.52. The van der Waals surface area contributed by atoms with E-state index in [1.165, 1.54) is 12.0 Å². The number of methoxy groups -OCH3 is 1. The zero-order valence-electron chi connectivity index (χ0n) is 16.9. The average Bonchev–Trinajstić information content (AvgIpc) is 2.91. The van der Waals surface area contributed by atoms with Gasteiger partial charge in [-0.15, -0.1) is 0 Å². The molecule has 3 atom stereocenters. The van der Waals surface area contributed by atoms with Gasteiger partial charge in [0.1, 0.15) is 11.8 Å². The molecule has 3 rings (SSSR count). The Bertz CT molecular complexity index is 789. The number of aryl methyl sites for hydroxylation is 1. The van der Waals surface area contributed by atoms with Crippen LogP contribution in [0.3, 0.4) is 0 Å². The molecule has 6 heteroatoms. The maximum absolute atomic E-state index is 13.2. The average molecular weight is 384 g/mol. The van der Waals surface area contributed by atoms with Crippen LogP contribution in [0.2, 0.25) is 0 Å². The van der Waals surface area contributed by atoms with E-state index in [0.717, 1.165) is 5.56 Å². The lowest BCUT2D eigenvalue weighted by atomic mass is 9.85. The SMILES string of the molecule is COc1ccc(C)cc1NC(=O)C(CC(C)C)N1C(=O)C2CC=CCC2C1=O. The van der Waals surface area contributed by atoms with Crippen molar-refractivity contribution in [3.05, 3.63) is 35.9 Å². The number of hydrogen-bond acceptors (Lipinski definition) is 4. The van der Waals surface area contributed by atoms with Gasteiger partial charge in [-0.1, -0.05) is 32.1 Å². The van der Waals surface area contributed by atoms with E-state index in [4.69, 9.17) is 4.74 Å². The van der Waals surface area contributed by atoms with Crippen molar-refractivity contribution < 1.29 is 19.1 Å². The summed E-state index contributed by atoms with van der Waals surface area (Å²) in [6.07, 6.45) is 5.45. The second-order valence-electron chi connectivity index (χ2n) is 8.04. The maximum atomic E-state index is 13.2. The van der Waals surface area contributed by atoms with E-state index in [9.17, 15) is 14.4 Å². The molecule has 1 aliphatic heterocycles. The van der Waals surface area contributed by atoms with Crippen molar-refractivity contribution in [3.8, 4) is 5.75 Å². The van der Waals surface area contributed by atoms with Crippen molar-refractivity contribution in [2.75, 3.05) is 12.4 Å². The lowest BCUT2D eigenvalue weighted by Gasteiger charge is -2.27. The maximum Gasteiger partial charge on any atom is 0.247 e. The predicted octanol–water partition coefficient (Wildman–Crippen LogP) is 3.31. The quantitative estimate of drug-likeness (QED) is 0.603. The molecule has 1 aromatic rings. The molecule has 2 aliphatic rings. The van der Waals surface area contributed by atoms with Crippen LogP contribution in [-0.4, -0.2) is 35.8 Å². The van der Waals surface area contributed by atoms with Gasteiger partial charge in [-0.3, -0.25) is 19.3 Å². The minimum absolute atomic E-state index is 0.150. The second-order valence-corrected chi connectivity index (χ2v) is 8.04. The largest absolute Gasteiger partial charge is 0.495 e. The van der Waals surface area contributed by atoms with Crippen molar-refractivity contribution in [1.29, 1.82) is 0 Å². The summed E-state index contributed by atoms with van der Waals surface area (Å²) in [7, 11) is 1.54. The zero-order valence-corrected chi connectivity index (χ0v) is 16.9. The molecule has 28 heavy (non-hydrogen) atoms. The van der Waals surface area contributed by atoms with Crippen LogP contribution in [0.15, 0.2) is 30.4 Å². The molecule has 1 aromatic carbocycles. The van der Waals surface area contributed by atoms with E-state index in [0.29, 0.717) is 30.7 Å². The molecule has 3 amide bonds. The lowest BCUT2D eigenvalue weighted by molar-refractivity contribution is -0.147. The summed E-state index contributed by atoms with van der Waals surface area (Å²) in [4.78, 5) is 40.4. The Morgan fingerprint density at radius 1 is 1.18 bits per heavy atom. The molecule has 6 nitrogen and oxygen atoms in total. The molecule has 1 heterocycles. The zero-order chi connectivity index (χ0) is 20.4. The highest BCUT2D eigenvalue weighted by atomic mass is 16.5. The van der Waals surface area contributed by atoms with Crippen LogP contribution >= 0.6 is 0 Å². The van der Waals surface area contributed by atoms with Crippen molar-refractivity contribution in [2.24, 2.45) is 17.8 Å². The molecule has 1 N–H and O–H groups in total. The normalized spacial score (nSPS) is 22.4. The summed E-state index contributed by atoms with van der Waals surface area (Å²) < 4.78 is 5.34. The number of hydrogen-bond donors (Lipinski definition) is 1. The molecular weight excluding hydrogens is 356 g/mol. The van der Waals surface area contributed by atoms with Crippen molar-refractivity contribution >= 4 is 23.4 Å². The Balaban J connectivity index is 1.88. The fourth-order valence-corrected chi connectivity index (χ4v) is 4.04. The first-order chi connectivity index (χ1) is 13.3. The molecule has 3 unspecified atom stereocenters. The molecule has 1 aliphatic carbocycles. The van der Waals surface area contributed by atoms with Gasteiger partial charge in [0.05, 0.1) is 24.6 Å². The highest BCUT2D eigenvalue weighted by Crippen LogP contribution is 2.37. The van der Waals surface area contributed by atoms with E-state index in [1.54, 1.807) is 6.07 Å².